The number of carbonyl (C=O) groups is 2. The predicted molar refractivity (Wildman–Crippen MR) is 125 cm³/mol. The summed E-state index contributed by atoms with van der Waals surface area (Å²) in [7, 11) is 0. The number of allylic oxidation sites excluding steroid dienone is 7. The summed E-state index contributed by atoms with van der Waals surface area (Å²) in [5, 5.41) is 27.5. The molecule has 0 aliphatic rings. The quantitative estimate of drug-likeness (QED) is 0.122. The second-order valence-electron chi connectivity index (χ2n) is 7.36. The minimum atomic E-state index is -4.09. The first-order chi connectivity index (χ1) is 15.5. The third-order valence-corrected chi connectivity index (χ3v) is 5.75. The number of aliphatic carboxylic acids is 2. The fourth-order valence-electron chi connectivity index (χ4n) is 2.55. The van der Waals surface area contributed by atoms with E-state index in [1.165, 1.54) is 11.8 Å². The molecule has 0 aromatic rings. The first-order valence-corrected chi connectivity index (χ1v) is 11.8. The van der Waals surface area contributed by atoms with Gasteiger partial charge in [-0.05, 0) is 38.5 Å². The normalized spacial score (nSPS) is 15.7. The van der Waals surface area contributed by atoms with Crippen LogP contribution in [0.25, 0.3) is 0 Å². The predicted octanol–water partition coefficient (Wildman–Crippen LogP) is 4.85. The van der Waals surface area contributed by atoms with Gasteiger partial charge in [0.1, 0.15) is 6.04 Å². The number of carboxylic acids is 2. The number of thioether (sulfide) groups is 1. The molecule has 0 bridgehead atoms. The van der Waals surface area contributed by atoms with Crippen molar-refractivity contribution < 1.29 is 38.1 Å². The molecule has 0 unspecified atom stereocenters. The van der Waals surface area contributed by atoms with Crippen LogP contribution in [0, 0.1) is 0 Å². The molecular formula is C23H34F3NO5S. The van der Waals surface area contributed by atoms with Crippen LogP contribution in [0.15, 0.2) is 48.6 Å². The van der Waals surface area contributed by atoms with Crippen LogP contribution in [0.4, 0.5) is 13.2 Å². The average Bonchev–Trinajstić information content (AvgIpc) is 2.71. The number of alkyl halides is 3. The molecule has 0 saturated carbocycles. The Bertz CT molecular complexity index is 677. The van der Waals surface area contributed by atoms with Crippen molar-refractivity contribution in [2.45, 2.75) is 74.9 Å². The molecule has 0 rings (SSSR count). The summed E-state index contributed by atoms with van der Waals surface area (Å²) in [5.41, 5.74) is 5.51. The molecule has 0 heterocycles. The van der Waals surface area contributed by atoms with E-state index < -0.39 is 41.9 Å². The van der Waals surface area contributed by atoms with Gasteiger partial charge < -0.3 is 21.1 Å². The monoisotopic (exact) mass is 493 g/mol. The molecule has 33 heavy (non-hydrogen) atoms. The summed E-state index contributed by atoms with van der Waals surface area (Å²) >= 11 is 1.20. The van der Waals surface area contributed by atoms with E-state index in [4.69, 9.17) is 15.9 Å². The molecule has 0 radical (unpaired) electrons. The smallest absolute Gasteiger partial charge is 0.389 e. The van der Waals surface area contributed by atoms with E-state index in [-0.39, 0.29) is 25.0 Å². The molecule has 0 spiro atoms. The Morgan fingerprint density at radius 2 is 1.67 bits per heavy atom. The summed E-state index contributed by atoms with van der Waals surface area (Å²) in [6.45, 7) is 0. The van der Waals surface area contributed by atoms with Crippen molar-refractivity contribution in [3.8, 4) is 0 Å². The van der Waals surface area contributed by atoms with Crippen molar-refractivity contribution in [2.75, 3.05) is 5.75 Å². The van der Waals surface area contributed by atoms with Crippen molar-refractivity contribution in [3.05, 3.63) is 48.6 Å². The van der Waals surface area contributed by atoms with Crippen LogP contribution in [0.1, 0.15) is 51.4 Å². The highest BCUT2D eigenvalue weighted by atomic mass is 32.2. The number of nitrogens with two attached hydrogens (primary N) is 1. The van der Waals surface area contributed by atoms with Crippen LogP contribution in [0.2, 0.25) is 0 Å². The Kier molecular flexibility index (Phi) is 17.3. The zero-order chi connectivity index (χ0) is 25.1. The highest BCUT2D eigenvalue weighted by molar-refractivity contribution is 8.00. The van der Waals surface area contributed by atoms with E-state index in [9.17, 15) is 27.9 Å². The topological polar surface area (TPSA) is 121 Å². The van der Waals surface area contributed by atoms with Crippen LogP contribution in [0.5, 0.6) is 0 Å². The number of rotatable bonds is 18. The van der Waals surface area contributed by atoms with E-state index in [2.05, 4.69) is 0 Å². The minimum absolute atomic E-state index is 0.0560. The summed E-state index contributed by atoms with van der Waals surface area (Å²) in [6, 6.07) is -1.06. The van der Waals surface area contributed by atoms with Gasteiger partial charge in [-0.2, -0.15) is 13.2 Å². The van der Waals surface area contributed by atoms with Crippen LogP contribution in [-0.4, -0.2) is 56.6 Å². The van der Waals surface area contributed by atoms with Crippen molar-refractivity contribution in [1.82, 2.24) is 0 Å². The zero-order valence-corrected chi connectivity index (χ0v) is 19.3. The Morgan fingerprint density at radius 1 is 0.970 bits per heavy atom. The van der Waals surface area contributed by atoms with Gasteiger partial charge in [-0.15, -0.1) is 11.8 Å². The summed E-state index contributed by atoms with van der Waals surface area (Å²) in [5.74, 6) is -1.97. The zero-order valence-electron chi connectivity index (χ0n) is 18.5. The molecule has 6 nitrogen and oxygen atoms in total. The standard InChI is InChI=1S/C23H34F3NO5S/c24-23(25,26)16-11-9-7-5-3-1-2-4-6-8-10-14-20(33-17-18(27)22(31)32)19(28)13-12-15-21(29)30/h2-6,8,10,14,18-20,28H,1,7,9,11-13,15-17,27H2,(H,29,30)(H,31,32)/b4-2-,5-3+,8-6+,14-10+/t18-,19-,20+/m0/s1. The third-order valence-electron chi connectivity index (χ3n) is 4.35. The number of unbranched alkanes of at least 4 members (excludes halogenated alkanes) is 2. The first kappa shape index (κ1) is 31.0. The van der Waals surface area contributed by atoms with Crippen LogP contribution < -0.4 is 5.73 Å². The molecule has 0 fully saturated rings. The van der Waals surface area contributed by atoms with E-state index in [1.807, 2.05) is 24.3 Å². The van der Waals surface area contributed by atoms with Crippen molar-refractivity contribution >= 4 is 23.7 Å². The lowest BCUT2D eigenvalue weighted by molar-refractivity contribution is -0.138. The molecular weight excluding hydrogens is 459 g/mol. The Hall–Kier alpha value is -2.04. The van der Waals surface area contributed by atoms with Gasteiger partial charge in [0.05, 0.1) is 6.10 Å². The molecule has 0 aliphatic heterocycles. The van der Waals surface area contributed by atoms with Crippen LogP contribution in [0.3, 0.4) is 0 Å². The summed E-state index contributed by atoms with van der Waals surface area (Å²) in [6.07, 6.45) is 11.1. The van der Waals surface area contributed by atoms with Crippen molar-refractivity contribution in [3.63, 3.8) is 0 Å². The van der Waals surface area contributed by atoms with Crippen molar-refractivity contribution in [2.24, 2.45) is 5.73 Å². The largest absolute Gasteiger partial charge is 0.481 e. The highest BCUT2D eigenvalue weighted by Crippen LogP contribution is 2.23. The van der Waals surface area contributed by atoms with E-state index >= 15 is 0 Å². The lowest BCUT2D eigenvalue weighted by Crippen LogP contribution is -2.34. The maximum absolute atomic E-state index is 12.0. The molecule has 3 atom stereocenters. The highest BCUT2D eigenvalue weighted by Gasteiger charge is 2.25. The lowest BCUT2D eigenvalue weighted by Gasteiger charge is -2.20. The van der Waals surface area contributed by atoms with Gasteiger partial charge in [0.25, 0.3) is 0 Å². The van der Waals surface area contributed by atoms with E-state index in [0.29, 0.717) is 25.7 Å². The Balaban J connectivity index is 4.43. The molecule has 188 valence electrons. The summed E-state index contributed by atoms with van der Waals surface area (Å²) in [4.78, 5) is 21.5. The Labute approximate surface area is 197 Å². The summed E-state index contributed by atoms with van der Waals surface area (Å²) < 4.78 is 36.1. The molecule has 10 heteroatoms. The average molecular weight is 494 g/mol. The number of halogens is 3. The number of hydrogen-bond donors (Lipinski definition) is 4. The maximum Gasteiger partial charge on any atom is 0.389 e. The number of carboxylic acid groups (broad SMARTS) is 2. The van der Waals surface area contributed by atoms with Gasteiger partial charge in [-0.3, -0.25) is 9.59 Å². The number of aliphatic hydroxyl groups excluding tert-OH is 1. The van der Waals surface area contributed by atoms with Gasteiger partial charge in [-0.25, -0.2) is 0 Å². The Morgan fingerprint density at radius 3 is 2.30 bits per heavy atom. The third kappa shape index (κ3) is 20.3. The minimum Gasteiger partial charge on any atom is -0.481 e. The van der Waals surface area contributed by atoms with Crippen LogP contribution >= 0.6 is 11.8 Å². The van der Waals surface area contributed by atoms with Gasteiger partial charge in [0, 0.05) is 23.8 Å². The van der Waals surface area contributed by atoms with Crippen molar-refractivity contribution in [1.29, 1.82) is 0 Å². The molecule has 0 aromatic carbocycles. The molecule has 5 N–H and O–H groups in total. The van der Waals surface area contributed by atoms with Gasteiger partial charge >= 0.3 is 18.1 Å². The second kappa shape index (κ2) is 18.4. The number of aliphatic hydroxyl groups is 1. The maximum atomic E-state index is 12.0. The van der Waals surface area contributed by atoms with Gasteiger partial charge in [0.2, 0.25) is 0 Å². The first-order valence-electron chi connectivity index (χ1n) is 10.7. The lowest BCUT2D eigenvalue weighted by atomic mass is 10.1. The van der Waals surface area contributed by atoms with E-state index in [0.717, 1.165) is 0 Å². The second-order valence-corrected chi connectivity index (χ2v) is 8.57. The van der Waals surface area contributed by atoms with Gasteiger partial charge in [-0.1, -0.05) is 48.6 Å². The van der Waals surface area contributed by atoms with Crippen LogP contribution in [-0.2, 0) is 9.59 Å². The molecule has 0 saturated heterocycles. The van der Waals surface area contributed by atoms with Gasteiger partial charge in [0.15, 0.2) is 0 Å². The fraction of sp³-hybridized carbons (Fsp3) is 0.565. The molecule has 0 aliphatic carbocycles. The fourth-order valence-corrected chi connectivity index (χ4v) is 3.68. The molecule has 0 amide bonds. The number of hydrogen-bond acceptors (Lipinski definition) is 5. The SMILES string of the molecule is N[C@@H](CS[C@H](/C=C/C=C/C=C\C/C=C/CCCCC(F)(F)F)[C@@H](O)CCCC(=O)O)C(=O)O. The van der Waals surface area contributed by atoms with E-state index in [1.54, 1.807) is 24.3 Å². The molecule has 0 aromatic heterocycles.